The number of ketones is 1. The first-order valence-electron chi connectivity index (χ1n) is 16.6. The summed E-state index contributed by atoms with van der Waals surface area (Å²) >= 11 is 0. The molecule has 0 saturated carbocycles. The highest BCUT2D eigenvalue weighted by Gasteiger charge is 2.43. The van der Waals surface area contributed by atoms with Crippen molar-refractivity contribution in [3.63, 3.8) is 0 Å². The van der Waals surface area contributed by atoms with Crippen LogP contribution in [0.5, 0.6) is 17.2 Å². The normalized spacial score (nSPS) is 16.6. The second kappa shape index (κ2) is 11.1. The fraction of sp³-hybridized carbons (Fsp3) is 0.0698. The van der Waals surface area contributed by atoms with Gasteiger partial charge in [0.2, 0.25) is 0 Å². The lowest BCUT2D eigenvalue weighted by molar-refractivity contribution is -0.117. The number of carboxylic acid groups (broad SMARTS) is 2. The maximum atomic E-state index is 13.5. The lowest BCUT2D eigenvalue weighted by atomic mass is 9.74. The Labute approximate surface area is 299 Å². The van der Waals surface area contributed by atoms with Gasteiger partial charge in [0.15, 0.2) is 11.2 Å². The van der Waals surface area contributed by atoms with Crippen LogP contribution in [0.25, 0.3) is 60.5 Å². The number of hydrogen-bond acceptors (Lipinski definition) is 8. The zero-order chi connectivity index (χ0) is 36.9. The SMILES string of the molecule is C[C@@]12CC(=O)C=CC1=C(c1cc(C(=O)O)c(-c3c4ccc(=O)cc-4oc4cc(O)c5ccccc5c34)cc1C(=O)O)c1c(cc(O)c3ccccc13)O2. The van der Waals surface area contributed by atoms with Crippen LogP contribution in [0.1, 0.15) is 45.2 Å². The van der Waals surface area contributed by atoms with Crippen LogP contribution in [0.4, 0.5) is 0 Å². The Morgan fingerprint density at radius 3 is 2.02 bits per heavy atom. The molecule has 0 saturated heterocycles. The van der Waals surface area contributed by atoms with Gasteiger partial charge >= 0.3 is 11.9 Å². The third-order valence-electron chi connectivity index (χ3n) is 10.2. The highest BCUT2D eigenvalue weighted by atomic mass is 16.5. The standard InChI is InChI=1S/C43H26O10/c1-43-19-21(45)11-13-31(43)38(40-25-9-5-3-7-23(25)33(47)18-36(40)53-43)28-16-29(41(48)49)27(15-30(28)42(50)51)37-26-12-10-20(44)14-34(26)52-35-17-32(46)22-6-2-4-8-24(22)39(35)37/h2-18,46-47H,19H2,1H3,(H,48,49)(H,50,51)/t43-/m1/s1. The summed E-state index contributed by atoms with van der Waals surface area (Å²) in [7, 11) is 0. The molecule has 5 aromatic carbocycles. The van der Waals surface area contributed by atoms with E-state index in [0.29, 0.717) is 49.2 Å². The molecule has 0 bridgehead atoms. The number of benzene rings is 6. The Hall–Kier alpha value is -7.20. The number of phenolic OH excluding ortho intramolecular Hbond substituents is 2. The number of fused-ring (bicyclic) bond motifs is 8. The summed E-state index contributed by atoms with van der Waals surface area (Å²) in [5.41, 5.74) is -0.0753. The van der Waals surface area contributed by atoms with Gasteiger partial charge in [-0.3, -0.25) is 9.59 Å². The summed E-state index contributed by atoms with van der Waals surface area (Å²) in [6.07, 6.45) is 2.87. The average Bonchev–Trinajstić information content (AvgIpc) is 3.12. The van der Waals surface area contributed by atoms with Gasteiger partial charge in [-0.25, -0.2) is 9.59 Å². The molecule has 0 fully saturated rings. The monoisotopic (exact) mass is 702 g/mol. The van der Waals surface area contributed by atoms with Crippen LogP contribution in [0.15, 0.2) is 118 Å². The maximum Gasteiger partial charge on any atom is 0.336 e. The van der Waals surface area contributed by atoms with Crippen molar-refractivity contribution in [2.24, 2.45) is 0 Å². The first kappa shape index (κ1) is 31.8. The number of ether oxygens (including phenoxy) is 1. The molecule has 53 heavy (non-hydrogen) atoms. The average molecular weight is 703 g/mol. The van der Waals surface area contributed by atoms with Crippen molar-refractivity contribution < 1.29 is 44.0 Å². The van der Waals surface area contributed by atoms with Gasteiger partial charge in [-0.2, -0.15) is 0 Å². The predicted octanol–water partition coefficient (Wildman–Crippen LogP) is 8.16. The number of rotatable bonds is 4. The quantitative estimate of drug-likeness (QED) is 0.104. The Balaban J connectivity index is 1.46. The first-order chi connectivity index (χ1) is 25.4. The molecule has 2 aliphatic carbocycles. The van der Waals surface area contributed by atoms with Gasteiger partial charge in [-0.15, -0.1) is 0 Å². The van der Waals surface area contributed by atoms with E-state index in [0.717, 1.165) is 0 Å². The van der Waals surface area contributed by atoms with E-state index in [1.54, 1.807) is 61.5 Å². The molecule has 4 N–H and O–H groups in total. The Morgan fingerprint density at radius 1 is 0.679 bits per heavy atom. The molecule has 258 valence electrons. The third-order valence-corrected chi connectivity index (χ3v) is 10.2. The summed E-state index contributed by atoms with van der Waals surface area (Å²) < 4.78 is 12.6. The summed E-state index contributed by atoms with van der Waals surface area (Å²) in [6, 6.07) is 23.4. The third kappa shape index (κ3) is 4.65. The van der Waals surface area contributed by atoms with Crippen molar-refractivity contribution in [2.75, 3.05) is 0 Å². The molecule has 10 nitrogen and oxygen atoms in total. The van der Waals surface area contributed by atoms with Crippen LogP contribution >= 0.6 is 0 Å². The van der Waals surface area contributed by atoms with E-state index < -0.39 is 17.5 Å². The zero-order valence-corrected chi connectivity index (χ0v) is 27.8. The summed E-state index contributed by atoms with van der Waals surface area (Å²) in [6.45, 7) is 1.70. The Bertz CT molecular complexity index is 2930. The van der Waals surface area contributed by atoms with Gasteiger partial charge in [0.1, 0.15) is 34.2 Å². The van der Waals surface area contributed by atoms with Gasteiger partial charge < -0.3 is 29.6 Å². The molecule has 2 heterocycles. The number of carbonyl (C=O) groups excluding carboxylic acids is 1. The van der Waals surface area contributed by atoms with E-state index in [2.05, 4.69) is 0 Å². The molecule has 5 aromatic rings. The lowest BCUT2D eigenvalue weighted by Gasteiger charge is -2.40. The largest absolute Gasteiger partial charge is 0.507 e. The van der Waals surface area contributed by atoms with Crippen molar-refractivity contribution in [1.29, 1.82) is 0 Å². The fourth-order valence-corrected chi connectivity index (χ4v) is 7.97. The molecular formula is C43H26O10. The summed E-state index contributed by atoms with van der Waals surface area (Å²) in [5.74, 6) is -2.84. The van der Waals surface area contributed by atoms with Gasteiger partial charge in [0, 0.05) is 62.2 Å². The summed E-state index contributed by atoms with van der Waals surface area (Å²) in [5, 5.41) is 46.2. The van der Waals surface area contributed by atoms with Gasteiger partial charge in [-0.1, -0.05) is 54.6 Å². The minimum absolute atomic E-state index is 0.0320. The molecule has 0 aromatic heterocycles. The second-order valence-electron chi connectivity index (χ2n) is 13.4. The molecule has 0 radical (unpaired) electrons. The molecule has 2 aliphatic heterocycles. The molecular weight excluding hydrogens is 676 g/mol. The predicted molar refractivity (Wildman–Crippen MR) is 197 cm³/mol. The van der Waals surface area contributed by atoms with Crippen molar-refractivity contribution in [3.8, 4) is 39.7 Å². The summed E-state index contributed by atoms with van der Waals surface area (Å²) in [4.78, 5) is 52.2. The Morgan fingerprint density at radius 2 is 1.30 bits per heavy atom. The minimum Gasteiger partial charge on any atom is -0.507 e. The van der Waals surface area contributed by atoms with E-state index >= 15 is 0 Å². The number of phenols is 2. The number of aromatic carboxylic acids is 2. The van der Waals surface area contributed by atoms with Gasteiger partial charge in [-0.05, 0) is 59.2 Å². The molecule has 4 aliphatic rings. The van der Waals surface area contributed by atoms with E-state index in [1.165, 1.54) is 48.5 Å². The molecule has 10 heteroatoms. The molecule has 0 unspecified atom stereocenters. The van der Waals surface area contributed by atoms with Crippen LogP contribution in [0, 0.1) is 0 Å². The molecule has 9 rings (SSSR count). The minimum atomic E-state index is -1.37. The highest BCUT2D eigenvalue weighted by Crippen LogP contribution is 2.53. The number of aromatic hydroxyl groups is 2. The number of hydrogen-bond donors (Lipinski definition) is 4. The van der Waals surface area contributed by atoms with Gasteiger partial charge in [0.05, 0.1) is 17.5 Å². The smallest absolute Gasteiger partial charge is 0.336 e. The van der Waals surface area contributed by atoms with Gasteiger partial charge in [0.25, 0.3) is 0 Å². The number of carboxylic acids is 2. The number of allylic oxidation sites excluding steroid dienone is 1. The number of carbonyl (C=O) groups is 3. The molecule has 0 amide bonds. The molecule has 1 atom stereocenters. The highest BCUT2D eigenvalue weighted by molar-refractivity contribution is 6.20. The van der Waals surface area contributed by atoms with E-state index in [-0.39, 0.29) is 74.0 Å². The first-order valence-corrected chi connectivity index (χ1v) is 16.6. The topological polar surface area (TPSA) is 172 Å². The van der Waals surface area contributed by atoms with Crippen molar-refractivity contribution in [3.05, 3.63) is 141 Å². The zero-order valence-electron chi connectivity index (χ0n) is 27.8. The van der Waals surface area contributed by atoms with E-state index in [9.17, 15) is 39.6 Å². The van der Waals surface area contributed by atoms with Crippen molar-refractivity contribution >= 4 is 55.8 Å². The van der Waals surface area contributed by atoms with Crippen LogP contribution < -0.4 is 10.2 Å². The maximum absolute atomic E-state index is 13.5. The van der Waals surface area contributed by atoms with E-state index in [1.807, 2.05) is 0 Å². The van der Waals surface area contributed by atoms with Crippen molar-refractivity contribution in [2.45, 2.75) is 18.9 Å². The second-order valence-corrected chi connectivity index (χ2v) is 13.4. The van der Waals surface area contributed by atoms with Crippen LogP contribution in [0.3, 0.4) is 0 Å². The lowest BCUT2D eigenvalue weighted by Crippen LogP contribution is -2.41. The van der Waals surface area contributed by atoms with Crippen LogP contribution in [-0.4, -0.2) is 43.7 Å². The van der Waals surface area contributed by atoms with E-state index in [4.69, 9.17) is 9.15 Å². The molecule has 0 spiro atoms. The Kier molecular flexibility index (Phi) is 6.68. The van der Waals surface area contributed by atoms with Crippen LogP contribution in [-0.2, 0) is 4.79 Å². The fourth-order valence-electron chi connectivity index (χ4n) is 7.97. The van der Waals surface area contributed by atoms with Crippen LogP contribution in [0.2, 0.25) is 0 Å². The van der Waals surface area contributed by atoms with Crippen molar-refractivity contribution in [1.82, 2.24) is 0 Å².